The van der Waals surface area contributed by atoms with Crippen LogP contribution in [0.3, 0.4) is 0 Å². The van der Waals surface area contributed by atoms with Gasteiger partial charge in [0.05, 0.1) is 10.5 Å². The van der Waals surface area contributed by atoms with Crippen LogP contribution in [0.4, 0.5) is 0 Å². The van der Waals surface area contributed by atoms with Crippen molar-refractivity contribution in [3.8, 4) is 0 Å². The second kappa shape index (κ2) is 4.10. The van der Waals surface area contributed by atoms with Gasteiger partial charge in [0, 0.05) is 6.26 Å². The Morgan fingerprint density at radius 1 is 1.36 bits per heavy atom. The molecule has 0 heterocycles. The molecular formula is C8H7BrO4S. The Bertz CT molecular complexity index is 452. The predicted molar refractivity (Wildman–Crippen MR) is 53.9 cm³/mol. The smallest absolute Gasteiger partial charge is 0.350 e. The van der Waals surface area contributed by atoms with Gasteiger partial charge >= 0.3 is 5.97 Å². The van der Waals surface area contributed by atoms with Gasteiger partial charge in [0.1, 0.15) is 0 Å². The quantitative estimate of drug-likeness (QED) is 0.824. The monoisotopic (exact) mass is 278 g/mol. The Morgan fingerprint density at radius 2 is 1.93 bits per heavy atom. The summed E-state index contributed by atoms with van der Waals surface area (Å²) in [5.74, 6) is -0.731. The van der Waals surface area contributed by atoms with Crippen LogP contribution in [0, 0.1) is 0 Å². The number of benzene rings is 1. The van der Waals surface area contributed by atoms with Gasteiger partial charge in [-0.25, -0.2) is 13.2 Å². The molecule has 4 nitrogen and oxygen atoms in total. The molecule has 1 rings (SSSR count). The molecule has 0 aliphatic heterocycles. The van der Waals surface area contributed by atoms with Crippen LogP contribution in [0.5, 0.6) is 0 Å². The lowest BCUT2D eigenvalue weighted by atomic mass is 10.2. The number of carbonyl (C=O) groups excluding carboxylic acids is 1. The molecule has 0 N–H and O–H groups in total. The van der Waals surface area contributed by atoms with E-state index in [1.165, 1.54) is 12.1 Å². The van der Waals surface area contributed by atoms with Gasteiger partial charge in [-0.1, -0.05) is 12.1 Å². The molecule has 0 aliphatic carbocycles. The Balaban J connectivity index is 3.38. The second-order valence-electron chi connectivity index (χ2n) is 2.63. The highest BCUT2D eigenvalue weighted by molar-refractivity contribution is 9.06. The molecule has 0 saturated carbocycles. The standard InChI is InChI=1S/C8H7BrO4S/c1-14(11,12)7-5-3-2-4-6(7)8(10)13-9/h2-5H,1H3. The number of halogens is 1. The Kier molecular flexibility index (Phi) is 3.28. The molecule has 6 heteroatoms. The maximum Gasteiger partial charge on any atom is 0.350 e. The third kappa shape index (κ3) is 2.33. The summed E-state index contributed by atoms with van der Waals surface area (Å²) in [6.07, 6.45) is 1.04. The van der Waals surface area contributed by atoms with Gasteiger partial charge in [0.15, 0.2) is 26.1 Å². The number of hydrogen-bond donors (Lipinski definition) is 0. The topological polar surface area (TPSA) is 60.4 Å². The van der Waals surface area contributed by atoms with E-state index in [1.807, 2.05) is 0 Å². The van der Waals surface area contributed by atoms with Crippen LogP contribution in [0.25, 0.3) is 0 Å². The van der Waals surface area contributed by atoms with Crippen molar-refractivity contribution in [2.24, 2.45) is 0 Å². The van der Waals surface area contributed by atoms with Crippen molar-refractivity contribution >= 4 is 32.1 Å². The summed E-state index contributed by atoms with van der Waals surface area (Å²) >= 11 is 2.51. The fourth-order valence-electron chi connectivity index (χ4n) is 1.00. The van der Waals surface area contributed by atoms with Crippen LogP contribution in [0.2, 0.25) is 0 Å². The van der Waals surface area contributed by atoms with Crippen LogP contribution in [-0.2, 0) is 13.7 Å². The minimum absolute atomic E-state index is 0.0203. The summed E-state index contributed by atoms with van der Waals surface area (Å²) in [5, 5.41) is 0. The van der Waals surface area contributed by atoms with Crippen molar-refractivity contribution in [1.29, 1.82) is 0 Å². The SMILES string of the molecule is CS(=O)(=O)c1ccccc1C(=O)OBr. The number of hydrogen-bond acceptors (Lipinski definition) is 4. The highest BCUT2D eigenvalue weighted by atomic mass is 79.9. The lowest BCUT2D eigenvalue weighted by Crippen LogP contribution is -2.07. The zero-order chi connectivity index (χ0) is 10.8. The summed E-state index contributed by atoms with van der Waals surface area (Å²) in [7, 11) is -3.41. The van der Waals surface area contributed by atoms with E-state index in [1.54, 1.807) is 12.1 Å². The maximum atomic E-state index is 11.3. The van der Waals surface area contributed by atoms with E-state index < -0.39 is 15.8 Å². The molecule has 1 aromatic rings. The lowest BCUT2D eigenvalue weighted by Gasteiger charge is -2.03. The molecule has 0 saturated heterocycles. The van der Waals surface area contributed by atoms with E-state index in [0.717, 1.165) is 6.26 Å². The zero-order valence-corrected chi connectivity index (χ0v) is 9.63. The number of rotatable bonds is 2. The summed E-state index contributed by atoms with van der Waals surface area (Å²) in [5.41, 5.74) is 0.0203. The molecule has 0 atom stereocenters. The van der Waals surface area contributed by atoms with E-state index in [0.29, 0.717) is 0 Å². The van der Waals surface area contributed by atoms with Gasteiger partial charge in [-0.05, 0) is 12.1 Å². The first-order valence-electron chi connectivity index (χ1n) is 3.59. The summed E-state index contributed by atoms with van der Waals surface area (Å²) in [6, 6.07) is 5.85. The molecule has 0 aliphatic rings. The highest BCUT2D eigenvalue weighted by Gasteiger charge is 2.18. The summed E-state index contributed by atoms with van der Waals surface area (Å²) < 4.78 is 26.8. The second-order valence-corrected chi connectivity index (χ2v) is 4.94. The largest absolute Gasteiger partial charge is 0.380 e. The van der Waals surface area contributed by atoms with E-state index >= 15 is 0 Å². The Labute approximate surface area is 90.3 Å². The molecule has 0 fully saturated rings. The van der Waals surface area contributed by atoms with Gasteiger partial charge in [0.25, 0.3) is 0 Å². The van der Waals surface area contributed by atoms with Gasteiger partial charge in [-0.2, -0.15) is 0 Å². The van der Waals surface area contributed by atoms with Crippen LogP contribution < -0.4 is 0 Å². The Hall–Kier alpha value is -0.880. The van der Waals surface area contributed by atoms with Crippen LogP contribution >= 0.6 is 16.3 Å². The average molecular weight is 279 g/mol. The fourth-order valence-corrected chi connectivity index (χ4v) is 2.05. The third-order valence-corrected chi connectivity index (χ3v) is 3.03. The Morgan fingerprint density at radius 3 is 2.43 bits per heavy atom. The predicted octanol–water partition coefficient (Wildman–Crippen LogP) is 1.56. The zero-order valence-electron chi connectivity index (χ0n) is 7.23. The van der Waals surface area contributed by atoms with Crippen LogP contribution in [0.15, 0.2) is 29.2 Å². The first-order chi connectivity index (χ1) is 6.46. The molecule has 14 heavy (non-hydrogen) atoms. The summed E-state index contributed by atoms with van der Waals surface area (Å²) in [4.78, 5) is 11.1. The van der Waals surface area contributed by atoms with E-state index in [9.17, 15) is 13.2 Å². The number of carbonyl (C=O) groups is 1. The normalized spacial score (nSPS) is 11.0. The molecule has 0 aromatic heterocycles. The van der Waals surface area contributed by atoms with Gasteiger partial charge in [-0.3, -0.25) is 0 Å². The van der Waals surface area contributed by atoms with Crippen LogP contribution in [0.1, 0.15) is 10.4 Å². The van der Waals surface area contributed by atoms with Crippen LogP contribution in [-0.4, -0.2) is 20.6 Å². The van der Waals surface area contributed by atoms with Gasteiger partial charge < -0.3 is 3.83 Å². The van der Waals surface area contributed by atoms with Crippen molar-refractivity contribution in [2.75, 3.05) is 6.26 Å². The van der Waals surface area contributed by atoms with E-state index in [-0.39, 0.29) is 10.5 Å². The first kappa shape index (κ1) is 11.2. The minimum atomic E-state index is -3.41. The van der Waals surface area contributed by atoms with Crippen molar-refractivity contribution in [1.82, 2.24) is 0 Å². The molecule has 0 radical (unpaired) electrons. The fraction of sp³-hybridized carbons (Fsp3) is 0.125. The van der Waals surface area contributed by atoms with Crippen molar-refractivity contribution in [3.63, 3.8) is 0 Å². The number of sulfone groups is 1. The summed E-state index contributed by atoms with van der Waals surface area (Å²) in [6.45, 7) is 0. The van der Waals surface area contributed by atoms with Gasteiger partial charge in [-0.15, -0.1) is 0 Å². The molecule has 0 bridgehead atoms. The van der Waals surface area contributed by atoms with E-state index in [2.05, 4.69) is 20.1 Å². The molecular weight excluding hydrogens is 272 g/mol. The minimum Gasteiger partial charge on any atom is -0.380 e. The molecule has 76 valence electrons. The molecule has 0 unspecified atom stereocenters. The lowest BCUT2D eigenvalue weighted by molar-refractivity contribution is 0.0778. The average Bonchev–Trinajstić information content (AvgIpc) is 2.15. The molecule has 0 amide bonds. The maximum absolute atomic E-state index is 11.3. The third-order valence-electron chi connectivity index (χ3n) is 1.58. The highest BCUT2D eigenvalue weighted by Crippen LogP contribution is 2.16. The first-order valence-corrected chi connectivity index (χ1v) is 6.12. The molecule has 0 spiro atoms. The van der Waals surface area contributed by atoms with E-state index in [4.69, 9.17) is 0 Å². The van der Waals surface area contributed by atoms with Crippen molar-refractivity contribution in [2.45, 2.75) is 4.90 Å². The van der Waals surface area contributed by atoms with Gasteiger partial charge in [0.2, 0.25) is 0 Å². The molecule has 1 aromatic carbocycles. The van der Waals surface area contributed by atoms with Crippen molar-refractivity contribution in [3.05, 3.63) is 29.8 Å². The van der Waals surface area contributed by atoms with Crippen molar-refractivity contribution < 1.29 is 17.0 Å².